The standard InChI is InChI=1S/C18H20BrN3O3S/c1-4-21(17-8-6-15(19)11-20-17)18(23)13-5-7-16-14(10-13)9-12(2)22(16)26(3,24)25/h5-8,10-12H,4,9H2,1-3H3. The lowest BCUT2D eigenvalue weighted by Crippen LogP contribution is -2.34. The van der Waals surface area contributed by atoms with Crippen molar-refractivity contribution in [3.05, 3.63) is 52.1 Å². The topological polar surface area (TPSA) is 70.6 Å². The van der Waals surface area contributed by atoms with Crippen molar-refractivity contribution in [1.29, 1.82) is 0 Å². The number of carbonyl (C=O) groups is 1. The summed E-state index contributed by atoms with van der Waals surface area (Å²) in [5.41, 5.74) is 2.05. The van der Waals surface area contributed by atoms with Crippen LogP contribution in [0.2, 0.25) is 0 Å². The summed E-state index contributed by atoms with van der Waals surface area (Å²) in [6.45, 7) is 4.24. The number of hydrogen-bond donors (Lipinski definition) is 0. The fraction of sp³-hybridized carbons (Fsp3) is 0.333. The second-order valence-corrected chi connectivity index (χ2v) is 9.11. The molecule has 138 valence electrons. The lowest BCUT2D eigenvalue weighted by molar-refractivity contribution is 0.0987. The van der Waals surface area contributed by atoms with Crippen molar-refractivity contribution in [2.45, 2.75) is 26.3 Å². The smallest absolute Gasteiger partial charge is 0.259 e. The van der Waals surface area contributed by atoms with Gasteiger partial charge in [-0.05, 0) is 72.1 Å². The molecule has 0 fully saturated rings. The predicted octanol–water partition coefficient (Wildman–Crippen LogP) is 3.22. The minimum atomic E-state index is -3.34. The molecule has 2 aromatic rings. The van der Waals surface area contributed by atoms with E-state index in [0.29, 0.717) is 30.0 Å². The van der Waals surface area contributed by atoms with Gasteiger partial charge in [0.15, 0.2) is 0 Å². The molecule has 1 aliphatic heterocycles. The highest BCUT2D eigenvalue weighted by atomic mass is 79.9. The van der Waals surface area contributed by atoms with Crippen LogP contribution in [0.25, 0.3) is 0 Å². The summed E-state index contributed by atoms with van der Waals surface area (Å²) in [6.07, 6.45) is 3.45. The zero-order valence-electron chi connectivity index (χ0n) is 14.8. The maximum atomic E-state index is 13.0. The first kappa shape index (κ1) is 18.8. The van der Waals surface area contributed by atoms with E-state index in [1.165, 1.54) is 10.6 Å². The van der Waals surface area contributed by atoms with Gasteiger partial charge >= 0.3 is 0 Å². The largest absolute Gasteiger partial charge is 0.293 e. The second kappa shape index (κ2) is 7.00. The molecule has 0 radical (unpaired) electrons. The van der Waals surface area contributed by atoms with E-state index in [-0.39, 0.29) is 11.9 Å². The van der Waals surface area contributed by atoms with E-state index in [4.69, 9.17) is 0 Å². The van der Waals surface area contributed by atoms with Crippen LogP contribution in [0, 0.1) is 0 Å². The molecule has 3 rings (SSSR count). The molecular formula is C18H20BrN3O3S. The Balaban J connectivity index is 1.94. The Labute approximate surface area is 162 Å². The molecule has 2 heterocycles. The molecule has 26 heavy (non-hydrogen) atoms. The molecule has 0 spiro atoms. The van der Waals surface area contributed by atoms with E-state index < -0.39 is 10.0 Å². The quantitative estimate of drug-likeness (QED) is 0.735. The Bertz CT molecular complexity index is 945. The molecule has 1 aromatic heterocycles. The van der Waals surface area contributed by atoms with E-state index in [1.807, 2.05) is 19.9 Å². The van der Waals surface area contributed by atoms with Crippen molar-refractivity contribution in [1.82, 2.24) is 4.98 Å². The monoisotopic (exact) mass is 437 g/mol. The van der Waals surface area contributed by atoms with Gasteiger partial charge in [0.1, 0.15) is 5.82 Å². The number of anilines is 2. The highest BCUT2D eigenvalue weighted by Gasteiger charge is 2.33. The summed E-state index contributed by atoms with van der Waals surface area (Å²) < 4.78 is 26.3. The normalized spacial score (nSPS) is 16.5. The lowest BCUT2D eigenvalue weighted by atomic mass is 10.1. The molecule has 0 saturated carbocycles. The highest BCUT2D eigenvalue weighted by Crippen LogP contribution is 2.35. The number of benzene rings is 1. The average molecular weight is 438 g/mol. The van der Waals surface area contributed by atoms with Crippen molar-refractivity contribution < 1.29 is 13.2 Å². The summed E-state index contributed by atoms with van der Waals surface area (Å²) in [6, 6.07) is 8.66. The molecule has 1 amide bonds. The first-order chi connectivity index (χ1) is 12.2. The first-order valence-electron chi connectivity index (χ1n) is 8.28. The van der Waals surface area contributed by atoms with E-state index in [0.717, 1.165) is 10.0 Å². The van der Waals surface area contributed by atoms with Crippen LogP contribution in [0.1, 0.15) is 29.8 Å². The Hall–Kier alpha value is -1.93. The third kappa shape index (κ3) is 3.48. The molecule has 8 heteroatoms. The van der Waals surface area contributed by atoms with Crippen molar-refractivity contribution in [3.8, 4) is 0 Å². The van der Waals surface area contributed by atoms with Gasteiger partial charge in [-0.25, -0.2) is 13.4 Å². The zero-order valence-corrected chi connectivity index (χ0v) is 17.2. The average Bonchev–Trinajstić information content (AvgIpc) is 2.92. The summed E-state index contributed by atoms with van der Waals surface area (Å²) in [7, 11) is -3.34. The fourth-order valence-electron chi connectivity index (χ4n) is 3.33. The van der Waals surface area contributed by atoms with Crippen LogP contribution in [0.3, 0.4) is 0 Å². The van der Waals surface area contributed by atoms with Gasteiger partial charge in [0, 0.05) is 28.8 Å². The number of amides is 1. The van der Waals surface area contributed by atoms with E-state index in [1.54, 1.807) is 35.4 Å². The number of pyridine rings is 1. The lowest BCUT2D eigenvalue weighted by Gasteiger charge is -2.22. The summed E-state index contributed by atoms with van der Waals surface area (Å²) in [5, 5.41) is 0. The Kier molecular flexibility index (Phi) is 5.07. The summed E-state index contributed by atoms with van der Waals surface area (Å²) in [4.78, 5) is 18.9. The van der Waals surface area contributed by atoms with Crippen molar-refractivity contribution in [2.75, 3.05) is 22.0 Å². The molecule has 6 nitrogen and oxygen atoms in total. The van der Waals surface area contributed by atoms with Crippen molar-refractivity contribution >= 4 is 43.4 Å². The SMILES string of the molecule is CCN(C(=O)c1ccc2c(c1)CC(C)N2S(C)(=O)=O)c1ccc(Br)cn1. The Morgan fingerprint density at radius 3 is 2.65 bits per heavy atom. The summed E-state index contributed by atoms with van der Waals surface area (Å²) in [5.74, 6) is 0.419. The van der Waals surface area contributed by atoms with Gasteiger partial charge in [-0.15, -0.1) is 0 Å². The molecular weight excluding hydrogens is 418 g/mol. The van der Waals surface area contributed by atoms with Gasteiger partial charge in [0.2, 0.25) is 10.0 Å². The number of hydrogen-bond acceptors (Lipinski definition) is 4. The molecule has 1 unspecified atom stereocenters. The number of halogens is 1. The van der Waals surface area contributed by atoms with Crippen molar-refractivity contribution in [2.24, 2.45) is 0 Å². The first-order valence-corrected chi connectivity index (χ1v) is 10.9. The number of fused-ring (bicyclic) bond motifs is 1. The second-order valence-electron chi connectivity index (χ2n) is 6.34. The van der Waals surface area contributed by atoms with Gasteiger partial charge in [-0.3, -0.25) is 14.0 Å². The number of nitrogens with zero attached hydrogens (tertiary/aromatic N) is 3. The summed E-state index contributed by atoms with van der Waals surface area (Å²) >= 11 is 3.34. The Morgan fingerprint density at radius 1 is 1.35 bits per heavy atom. The highest BCUT2D eigenvalue weighted by molar-refractivity contribution is 9.10. The molecule has 1 aromatic carbocycles. The maximum absolute atomic E-state index is 13.0. The third-order valence-electron chi connectivity index (χ3n) is 4.39. The van der Waals surface area contributed by atoms with E-state index in [2.05, 4.69) is 20.9 Å². The molecule has 0 bridgehead atoms. The van der Waals surface area contributed by atoms with Gasteiger partial charge < -0.3 is 0 Å². The fourth-order valence-corrected chi connectivity index (χ4v) is 4.83. The van der Waals surface area contributed by atoms with Crippen LogP contribution in [-0.4, -0.2) is 38.2 Å². The van der Waals surface area contributed by atoms with Gasteiger partial charge in [0.25, 0.3) is 5.91 Å². The maximum Gasteiger partial charge on any atom is 0.259 e. The van der Waals surface area contributed by atoms with Gasteiger partial charge in [-0.2, -0.15) is 0 Å². The molecule has 1 atom stereocenters. The molecule has 0 saturated heterocycles. The number of rotatable bonds is 4. The third-order valence-corrected chi connectivity index (χ3v) is 6.13. The van der Waals surface area contributed by atoms with Crippen LogP contribution >= 0.6 is 15.9 Å². The molecule has 1 aliphatic rings. The minimum absolute atomic E-state index is 0.152. The number of aromatic nitrogens is 1. The Morgan fingerprint density at radius 2 is 2.08 bits per heavy atom. The van der Waals surface area contributed by atoms with E-state index in [9.17, 15) is 13.2 Å². The zero-order chi connectivity index (χ0) is 19.1. The molecule has 0 aliphatic carbocycles. The van der Waals surface area contributed by atoms with Crippen LogP contribution in [0.4, 0.5) is 11.5 Å². The van der Waals surface area contributed by atoms with Crippen LogP contribution in [0.15, 0.2) is 41.0 Å². The number of carbonyl (C=O) groups excluding carboxylic acids is 1. The van der Waals surface area contributed by atoms with Crippen LogP contribution in [-0.2, 0) is 16.4 Å². The van der Waals surface area contributed by atoms with Crippen LogP contribution in [0.5, 0.6) is 0 Å². The number of sulfonamides is 1. The van der Waals surface area contributed by atoms with Gasteiger partial charge in [0.05, 0.1) is 11.9 Å². The van der Waals surface area contributed by atoms with Crippen molar-refractivity contribution in [3.63, 3.8) is 0 Å². The van der Waals surface area contributed by atoms with Gasteiger partial charge in [-0.1, -0.05) is 0 Å². The predicted molar refractivity (Wildman–Crippen MR) is 106 cm³/mol. The van der Waals surface area contributed by atoms with Crippen LogP contribution < -0.4 is 9.21 Å². The minimum Gasteiger partial charge on any atom is -0.293 e. The molecule has 0 N–H and O–H groups in total. The van der Waals surface area contributed by atoms with E-state index >= 15 is 0 Å².